The first kappa shape index (κ1) is 18.0. The van der Waals surface area contributed by atoms with Gasteiger partial charge in [0.05, 0.1) is 5.56 Å². The number of halogens is 4. The lowest BCUT2D eigenvalue weighted by Gasteiger charge is -2.32. The fourth-order valence-electron chi connectivity index (χ4n) is 3.12. The van der Waals surface area contributed by atoms with E-state index in [2.05, 4.69) is 40.2 Å². The van der Waals surface area contributed by atoms with E-state index >= 15 is 0 Å². The quantitative estimate of drug-likeness (QED) is 0.338. The Morgan fingerprint density at radius 2 is 1.04 bits per heavy atom. The maximum atomic E-state index is 12.9. The average molecular weight is 421 g/mol. The molecular formula is C20H16BrF3Si. The Kier molecular flexibility index (Phi) is 5.15. The third kappa shape index (κ3) is 3.44. The molecule has 0 aliphatic heterocycles. The van der Waals surface area contributed by atoms with Crippen LogP contribution in [0.3, 0.4) is 0 Å². The second-order valence-electron chi connectivity index (χ2n) is 5.85. The summed E-state index contributed by atoms with van der Waals surface area (Å²) < 4.78 is 38.8. The minimum absolute atomic E-state index is 0.616. The van der Waals surface area contributed by atoms with E-state index in [1.54, 1.807) is 12.1 Å². The van der Waals surface area contributed by atoms with Crippen molar-refractivity contribution in [1.82, 2.24) is 0 Å². The first-order valence-electron chi connectivity index (χ1n) is 7.83. The van der Waals surface area contributed by atoms with Crippen LogP contribution in [-0.4, -0.2) is 13.0 Å². The van der Waals surface area contributed by atoms with Gasteiger partial charge in [-0.2, -0.15) is 13.2 Å². The lowest BCUT2D eigenvalue weighted by molar-refractivity contribution is -0.137. The Labute approximate surface area is 154 Å². The van der Waals surface area contributed by atoms with Crippen LogP contribution in [0.15, 0.2) is 84.9 Å². The fraction of sp³-hybridized carbons (Fsp3) is 0.100. The zero-order chi connectivity index (χ0) is 17.9. The molecular weight excluding hydrogens is 405 g/mol. The lowest BCUT2D eigenvalue weighted by Crippen LogP contribution is -2.68. The highest BCUT2D eigenvalue weighted by Crippen LogP contribution is 2.28. The van der Waals surface area contributed by atoms with Gasteiger partial charge in [-0.25, -0.2) is 0 Å². The van der Waals surface area contributed by atoms with E-state index < -0.39 is 19.8 Å². The zero-order valence-corrected chi connectivity index (χ0v) is 15.9. The molecule has 0 atom stereocenters. The smallest absolute Gasteiger partial charge is 0.166 e. The van der Waals surface area contributed by atoms with Crippen molar-refractivity contribution in [2.75, 3.05) is 4.95 Å². The SMILES string of the molecule is FC(F)(F)c1ccc([Si](CBr)(c2ccccc2)c2ccccc2)cc1. The highest BCUT2D eigenvalue weighted by atomic mass is 79.9. The normalized spacial score (nSPS) is 12.2. The molecule has 5 heteroatoms. The van der Waals surface area contributed by atoms with Gasteiger partial charge >= 0.3 is 6.18 Å². The van der Waals surface area contributed by atoms with E-state index in [1.165, 1.54) is 12.1 Å². The van der Waals surface area contributed by atoms with Gasteiger partial charge in [-0.15, -0.1) is 0 Å². The van der Waals surface area contributed by atoms with Gasteiger partial charge in [-0.3, -0.25) is 0 Å². The Bertz CT molecular complexity index is 776. The monoisotopic (exact) mass is 420 g/mol. The molecule has 0 unspecified atom stereocenters. The molecule has 128 valence electrons. The van der Waals surface area contributed by atoms with Gasteiger partial charge in [0.1, 0.15) is 0 Å². The van der Waals surface area contributed by atoms with Crippen molar-refractivity contribution in [1.29, 1.82) is 0 Å². The van der Waals surface area contributed by atoms with Crippen molar-refractivity contribution in [3.63, 3.8) is 0 Å². The summed E-state index contributed by atoms with van der Waals surface area (Å²) in [5.74, 6) is 0. The fourth-order valence-corrected chi connectivity index (χ4v) is 9.76. The molecule has 0 aromatic heterocycles. The van der Waals surface area contributed by atoms with Crippen LogP contribution in [-0.2, 0) is 6.18 Å². The Morgan fingerprint density at radius 1 is 0.640 bits per heavy atom. The molecule has 0 N–H and O–H groups in total. The summed E-state index contributed by atoms with van der Waals surface area (Å²) >= 11 is 3.68. The number of alkyl halides is 4. The predicted molar refractivity (Wildman–Crippen MR) is 103 cm³/mol. The van der Waals surface area contributed by atoms with Crippen molar-refractivity contribution in [3.05, 3.63) is 90.5 Å². The molecule has 3 aromatic rings. The van der Waals surface area contributed by atoms with E-state index in [9.17, 15) is 13.2 Å². The summed E-state index contributed by atoms with van der Waals surface area (Å²) in [6.45, 7) is 0. The zero-order valence-electron chi connectivity index (χ0n) is 13.3. The largest absolute Gasteiger partial charge is 0.416 e. The third-order valence-corrected chi connectivity index (χ3v) is 11.3. The number of hydrogen-bond acceptors (Lipinski definition) is 0. The molecule has 0 fully saturated rings. The minimum Gasteiger partial charge on any atom is -0.166 e. The van der Waals surface area contributed by atoms with E-state index in [1.807, 2.05) is 36.4 Å². The number of hydrogen-bond donors (Lipinski definition) is 0. The van der Waals surface area contributed by atoms with Crippen LogP contribution in [0, 0.1) is 0 Å². The van der Waals surface area contributed by atoms with Crippen LogP contribution < -0.4 is 15.6 Å². The molecule has 0 heterocycles. The van der Waals surface area contributed by atoms with Crippen molar-refractivity contribution >= 4 is 39.6 Å². The molecule has 0 nitrogen and oxygen atoms in total. The molecule has 0 saturated heterocycles. The molecule has 0 amide bonds. The maximum Gasteiger partial charge on any atom is 0.416 e. The van der Waals surface area contributed by atoms with E-state index in [0.717, 1.165) is 15.6 Å². The highest BCUT2D eigenvalue weighted by molar-refractivity contribution is 9.09. The van der Waals surface area contributed by atoms with Crippen LogP contribution in [0.2, 0.25) is 0 Å². The highest BCUT2D eigenvalue weighted by Gasteiger charge is 2.39. The topological polar surface area (TPSA) is 0 Å². The first-order valence-corrected chi connectivity index (χ1v) is 11.2. The third-order valence-electron chi connectivity index (χ3n) is 4.44. The van der Waals surface area contributed by atoms with Gasteiger partial charge in [0.25, 0.3) is 0 Å². The van der Waals surface area contributed by atoms with Crippen LogP contribution in [0.1, 0.15) is 5.56 Å². The van der Waals surface area contributed by atoms with Crippen molar-refractivity contribution in [2.45, 2.75) is 6.18 Å². The van der Waals surface area contributed by atoms with Gasteiger partial charge in [-0.05, 0) is 15.6 Å². The number of benzene rings is 3. The number of rotatable bonds is 4. The molecule has 3 rings (SSSR count). The van der Waals surface area contributed by atoms with Crippen molar-refractivity contribution in [3.8, 4) is 0 Å². The molecule has 25 heavy (non-hydrogen) atoms. The van der Waals surface area contributed by atoms with Gasteiger partial charge in [0.2, 0.25) is 0 Å². The minimum atomic E-state index is -4.32. The van der Waals surface area contributed by atoms with E-state index in [4.69, 9.17) is 0 Å². The van der Waals surface area contributed by atoms with Gasteiger partial charge < -0.3 is 0 Å². The van der Waals surface area contributed by atoms with E-state index in [-0.39, 0.29) is 0 Å². The Hall–Kier alpha value is -1.85. The first-order chi connectivity index (χ1) is 12.0. The molecule has 0 aliphatic rings. The lowest BCUT2D eigenvalue weighted by atomic mass is 10.2. The average Bonchev–Trinajstić information content (AvgIpc) is 2.64. The van der Waals surface area contributed by atoms with Crippen LogP contribution in [0.4, 0.5) is 13.2 Å². The summed E-state index contributed by atoms with van der Waals surface area (Å²) in [5.41, 5.74) is -0.616. The molecule has 3 aromatic carbocycles. The molecule has 0 saturated carbocycles. The predicted octanol–water partition coefficient (Wildman–Crippen LogP) is 4.11. The van der Waals surface area contributed by atoms with Gasteiger partial charge in [0, 0.05) is 4.95 Å². The molecule has 0 spiro atoms. The van der Waals surface area contributed by atoms with Crippen molar-refractivity contribution < 1.29 is 13.2 Å². The summed E-state index contributed by atoms with van der Waals surface area (Å²) in [4.78, 5) is 0.694. The summed E-state index contributed by atoms with van der Waals surface area (Å²) in [6, 6.07) is 25.7. The van der Waals surface area contributed by atoms with E-state index in [0.29, 0.717) is 4.95 Å². The summed E-state index contributed by atoms with van der Waals surface area (Å²) in [7, 11) is -2.43. The van der Waals surface area contributed by atoms with Gasteiger partial charge in [0.15, 0.2) is 8.07 Å². The molecule has 0 bridgehead atoms. The molecule has 0 radical (unpaired) electrons. The van der Waals surface area contributed by atoms with Crippen molar-refractivity contribution in [2.24, 2.45) is 0 Å². The molecule has 0 aliphatic carbocycles. The van der Waals surface area contributed by atoms with Crippen LogP contribution in [0.5, 0.6) is 0 Å². The van der Waals surface area contributed by atoms with Gasteiger partial charge in [-0.1, -0.05) is 101 Å². The standard InChI is InChI=1S/C20H16BrF3Si/c21-15-25(17-7-3-1-4-8-17,18-9-5-2-6-10-18)19-13-11-16(12-14-19)20(22,23)24/h1-14H,15H2. The second kappa shape index (κ2) is 7.18. The Balaban J connectivity index is 2.21. The Morgan fingerprint density at radius 3 is 1.40 bits per heavy atom. The summed E-state index contributed by atoms with van der Waals surface area (Å²) in [5, 5.41) is 3.28. The second-order valence-corrected chi connectivity index (χ2v) is 11.3. The summed E-state index contributed by atoms with van der Waals surface area (Å²) in [6.07, 6.45) is -4.32. The van der Waals surface area contributed by atoms with Crippen LogP contribution in [0.25, 0.3) is 0 Å². The van der Waals surface area contributed by atoms with Crippen LogP contribution >= 0.6 is 15.9 Å². The maximum absolute atomic E-state index is 12.9.